The molecule has 0 unspecified atom stereocenters. The third kappa shape index (κ3) is 6.59. The van der Waals surface area contributed by atoms with Crippen molar-refractivity contribution < 1.29 is 23.8 Å². The van der Waals surface area contributed by atoms with E-state index in [9.17, 15) is 9.59 Å². The Hall–Kier alpha value is -3.30. The van der Waals surface area contributed by atoms with Gasteiger partial charge in [-0.05, 0) is 36.9 Å². The summed E-state index contributed by atoms with van der Waals surface area (Å²) in [5.74, 6) is 0.381. The number of hydrogen-bond donors (Lipinski definition) is 2. The first-order valence-electron chi connectivity index (χ1n) is 10.8. The van der Waals surface area contributed by atoms with E-state index in [2.05, 4.69) is 27.5 Å². The van der Waals surface area contributed by atoms with E-state index in [0.717, 1.165) is 32.7 Å². The van der Waals surface area contributed by atoms with E-state index in [-0.39, 0.29) is 12.5 Å². The Bertz CT molecular complexity index is 931. The molecule has 0 atom stereocenters. The van der Waals surface area contributed by atoms with Crippen LogP contribution in [0, 0.1) is 0 Å². The highest BCUT2D eigenvalue weighted by Gasteiger charge is 2.18. The molecule has 0 bridgehead atoms. The molecule has 2 amide bonds. The molecule has 9 heteroatoms. The zero-order valence-electron chi connectivity index (χ0n) is 19.6. The Labute approximate surface area is 194 Å². The lowest BCUT2D eigenvalue weighted by atomic mass is 10.1. The molecule has 9 nitrogen and oxygen atoms in total. The molecule has 1 aliphatic heterocycles. The number of methoxy groups -OCH3 is 3. The fourth-order valence-corrected chi connectivity index (χ4v) is 3.64. The normalized spacial score (nSPS) is 14.4. The van der Waals surface area contributed by atoms with Gasteiger partial charge in [0.05, 0.1) is 27.9 Å². The van der Waals surface area contributed by atoms with Gasteiger partial charge in [0.1, 0.15) is 0 Å². The van der Waals surface area contributed by atoms with Crippen molar-refractivity contribution in [2.75, 3.05) is 66.4 Å². The van der Waals surface area contributed by atoms with Crippen LogP contribution >= 0.6 is 0 Å². The number of likely N-dealkylation sites (N-methyl/N-ethyl adjacent to an activating group) is 1. The smallest absolute Gasteiger partial charge is 0.251 e. The Morgan fingerprint density at radius 1 is 0.909 bits per heavy atom. The fraction of sp³-hybridized carbons (Fsp3) is 0.417. The molecule has 0 saturated carbocycles. The molecule has 2 aromatic carbocycles. The second-order valence-corrected chi connectivity index (χ2v) is 7.92. The minimum Gasteiger partial charge on any atom is -0.493 e. The number of carbonyl (C=O) groups excluding carboxylic acids is 2. The van der Waals surface area contributed by atoms with Gasteiger partial charge in [-0.25, -0.2) is 0 Å². The number of nitrogens with zero attached hydrogens (tertiary/aromatic N) is 2. The average Bonchev–Trinajstić information content (AvgIpc) is 2.84. The number of rotatable bonds is 9. The quantitative estimate of drug-likeness (QED) is 0.595. The van der Waals surface area contributed by atoms with E-state index in [4.69, 9.17) is 14.2 Å². The second kappa shape index (κ2) is 11.5. The lowest BCUT2D eigenvalue weighted by Crippen LogP contribution is -2.43. The van der Waals surface area contributed by atoms with Gasteiger partial charge in [-0.2, -0.15) is 0 Å². The highest BCUT2D eigenvalue weighted by molar-refractivity contribution is 6.00. The van der Waals surface area contributed by atoms with Crippen molar-refractivity contribution in [3.63, 3.8) is 0 Å². The fourth-order valence-electron chi connectivity index (χ4n) is 3.64. The highest BCUT2D eigenvalue weighted by Crippen LogP contribution is 2.38. The van der Waals surface area contributed by atoms with Crippen molar-refractivity contribution in [2.45, 2.75) is 6.54 Å². The number of hydrogen-bond acceptors (Lipinski definition) is 7. The lowest BCUT2D eigenvalue weighted by molar-refractivity contribution is -0.115. The van der Waals surface area contributed by atoms with Gasteiger partial charge >= 0.3 is 0 Å². The van der Waals surface area contributed by atoms with Crippen LogP contribution in [0.5, 0.6) is 17.2 Å². The van der Waals surface area contributed by atoms with Crippen LogP contribution in [-0.4, -0.2) is 82.7 Å². The minimum atomic E-state index is -0.424. The number of nitrogens with one attached hydrogen (secondary N) is 2. The topological polar surface area (TPSA) is 92.4 Å². The van der Waals surface area contributed by atoms with E-state index in [1.54, 1.807) is 0 Å². The molecule has 178 valence electrons. The molecule has 2 N–H and O–H groups in total. The molecule has 0 aromatic heterocycles. The van der Waals surface area contributed by atoms with Crippen LogP contribution in [-0.2, 0) is 11.3 Å². The van der Waals surface area contributed by atoms with Crippen LogP contribution in [0.1, 0.15) is 15.9 Å². The highest BCUT2D eigenvalue weighted by atomic mass is 16.5. The zero-order chi connectivity index (χ0) is 23.8. The van der Waals surface area contributed by atoms with Gasteiger partial charge in [-0.1, -0.05) is 12.1 Å². The molecule has 2 aromatic rings. The average molecular weight is 457 g/mol. The van der Waals surface area contributed by atoms with Gasteiger partial charge in [0, 0.05) is 44.0 Å². The number of carbonyl (C=O) groups is 2. The molecule has 1 saturated heterocycles. The van der Waals surface area contributed by atoms with Gasteiger partial charge < -0.3 is 29.7 Å². The van der Waals surface area contributed by atoms with Gasteiger partial charge in [0.25, 0.3) is 5.91 Å². The van der Waals surface area contributed by atoms with Crippen molar-refractivity contribution in [2.24, 2.45) is 0 Å². The summed E-state index contributed by atoms with van der Waals surface area (Å²) < 4.78 is 15.8. The summed E-state index contributed by atoms with van der Waals surface area (Å²) in [6.45, 7) is 5.00. The van der Waals surface area contributed by atoms with Crippen LogP contribution in [0.25, 0.3) is 0 Å². The lowest BCUT2D eigenvalue weighted by Gasteiger charge is -2.32. The van der Waals surface area contributed by atoms with Crippen LogP contribution < -0.4 is 24.8 Å². The Balaban J connectivity index is 1.51. The van der Waals surface area contributed by atoms with E-state index in [1.807, 2.05) is 24.3 Å². The molecule has 0 aliphatic carbocycles. The van der Waals surface area contributed by atoms with Crippen molar-refractivity contribution in [1.29, 1.82) is 0 Å². The Kier molecular flexibility index (Phi) is 8.51. The number of ether oxygens (including phenoxy) is 3. The second-order valence-electron chi connectivity index (χ2n) is 7.92. The first-order valence-corrected chi connectivity index (χ1v) is 10.8. The molecule has 1 aliphatic rings. The third-order valence-electron chi connectivity index (χ3n) is 5.58. The summed E-state index contributed by atoms with van der Waals surface area (Å²) in [6.07, 6.45) is 0. The van der Waals surface area contributed by atoms with Crippen LogP contribution in [0.2, 0.25) is 0 Å². The predicted molar refractivity (Wildman–Crippen MR) is 126 cm³/mol. The minimum absolute atomic E-state index is 0.168. The van der Waals surface area contributed by atoms with Crippen molar-refractivity contribution in [3.8, 4) is 17.2 Å². The number of piperazine rings is 1. The predicted octanol–water partition coefficient (Wildman–Crippen LogP) is 1.83. The first kappa shape index (κ1) is 24.3. The van der Waals surface area contributed by atoms with Gasteiger partial charge in [-0.15, -0.1) is 0 Å². The summed E-state index contributed by atoms with van der Waals surface area (Å²) in [7, 11) is 6.58. The summed E-state index contributed by atoms with van der Waals surface area (Å²) >= 11 is 0. The van der Waals surface area contributed by atoms with Crippen LogP contribution in [0.3, 0.4) is 0 Å². The van der Waals surface area contributed by atoms with E-state index < -0.39 is 5.91 Å². The summed E-state index contributed by atoms with van der Waals surface area (Å²) in [4.78, 5) is 29.6. The number of anilines is 1. The first-order chi connectivity index (χ1) is 15.9. The Morgan fingerprint density at radius 2 is 1.52 bits per heavy atom. The molecule has 0 spiro atoms. The van der Waals surface area contributed by atoms with Crippen molar-refractivity contribution >= 4 is 17.5 Å². The maximum Gasteiger partial charge on any atom is 0.251 e. The molecular formula is C24H32N4O5. The summed E-state index contributed by atoms with van der Waals surface area (Å²) in [5.41, 5.74) is 2.18. The zero-order valence-corrected chi connectivity index (χ0v) is 19.6. The van der Waals surface area contributed by atoms with Crippen LogP contribution in [0.15, 0.2) is 36.4 Å². The van der Waals surface area contributed by atoms with E-state index in [0.29, 0.717) is 28.5 Å². The maximum absolute atomic E-state index is 12.5. The molecule has 1 fully saturated rings. The number of benzene rings is 2. The number of amides is 2. The maximum atomic E-state index is 12.5. The molecule has 33 heavy (non-hydrogen) atoms. The SMILES string of the molecule is COc1cc(C(=O)NCC(=O)Nc2ccc(CN3CCN(C)CC3)cc2)cc(OC)c1OC. The van der Waals surface area contributed by atoms with Crippen LogP contribution in [0.4, 0.5) is 5.69 Å². The van der Waals surface area contributed by atoms with Crippen molar-refractivity contribution in [3.05, 3.63) is 47.5 Å². The Morgan fingerprint density at radius 3 is 2.06 bits per heavy atom. The standard InChI is InChI=1S/C24H32N4O5/c1-27-9-11-28(12-10-27)16-17-5-7-19(8-6-17)26-22(29)15-25-24(30)18-13-20(31-2)23(33-4)21(14-18)32-3/h5-8,13-14H,9-12,15-16H2,1-4H3,(H,25,30)(H,26,29). The van der Waals surface area contributed by atoms with E-state index in [1.165, 1.54) is 39.0 Å². The van der Waals surface area contributed by atoms with Gasteiger partial charge in [-0.3, -0.25) is 14.5 Å². The van der Waals surface area contributed by atoms with Gasteiger partial charge in [0.15, 0.2) is 11.5 Å². The van der Waals surface area contributed by atoms with Crippen molar-refractivity contribution in [1.82, 2.24) is 15.1 Å². The monoisotopic (exact) mass is 456 g/mol. The summed E-state index contributed by atoms with van der Waals surface area (Å²) in [5, 5.41) is 5.42. The van der Waals surface area contributed by atoms with E-state index >= 15 is 0 Å². The third-order valence-corrected chi connectivity index (χ3v) is 5.58. The summed E-state index contributed by atoms with van der Waals surface area (Å²) in [6, 6.07) is 10.9. The molecule has 0 radical (unpaired) electrons. The molecular weight excluding hydrogens is 424 g/mol. The molecule has 3 rings (SSSR count). The van der Waals surface area contributed by atoms with Gasteiger partial charge in [0.2, 0.25) is 11.7 Å². The molecule has 1 heterocycles. The largest absolute Gasteiger partial charge is 0.493 e.